The highest BCUT2D eigenvalue weighted by Gasteiger charge is 2.44. The summed E-state index contributed by atoms with van der Waals surface area (Å²) in [6, 6.07) is 18.7. The Morgan fingerprint density at radius 2 is 1.86 bits per heavy atom. The van der Waals surface area contributed by atoms with Gasteiger partial charge in [0.25, 0.3) is 0 Å². The van der Waals surface area contributed by atoms with E-state index in [-0.39, 0.29) is 6.23 Å². The number of nitrogens with zero attached hydrogens (tertiary/aromatic N) is 3. The van der Waals surface area contributed by atoms with Crippen LogP contribution in [0.4, 0.5) is 5.69 Å². The SMILES string of the molecule is C[C@@H]1CC2=CCCC(C)(C)[C@@H]2C[C@@H]1[C@H]1Nc2ccccc2-c2nnc(SCc3ccccc3)nc2O1. The minimum atomic E-state index is -0.162. The van der Waals surface area contributed by atoms with Gasteiger partial charge in [0, 0.05) is 22.9 Å². The number of anilines is 1. The summed E-state index contributed by atoms with van der Waals surface area (Å²) in [5.41, 5.74) is 5.98. The van der Waals surface area contributed by atoms with Crippen molar-refractivity contribution in [2.75, 3.05) is 5.32 Å². The van der Waals surface area contributed by atoms with Crippen LogP contribution in [-0.2, 0) is 5.75 Å². The van der Waals surface area contributed by atoms with Crippen molar-refractivity contribution in [3.8, 4) is 17.1 Å². The fourth-order valence-electron chi connectivity index (χ4n) is 6.24. The van der Waals surface area contributed by atoms with E-state index in [2.05, 4.69) is 84.8 Å². The van der Waals surface area contributed by atoms with Crippen molar-refractivity contribution < 1.29 is 4.74 Å². The molecule has 3 aromatic rings. The molecular formula is C30H34N4OS. The number of hydrogen-bond donors (Lipinski definition) is 1. The van der Waals surface area contributed by atoms with E-state index in [1.54, 1.807) is 17.3 Å². The maximum Gasteiger partial charge on any atom is 0.247 e. The van der Waals surface area contributed by atoms with Crippen molar-refractivity contribution in [2.45, 2.75) is 63.6 Å². The standard InChI is InChI=1S/C30H34N4OS/c1-19-16-21-12-9-15-30(2,3)24(21)17-23(19)27-31-25-14-8-7-13-22(25)26-28(35-27)32-29(34-33-26)36-18-20-10-5-4-6-11-20/h4-8,10-14,19,23-24,27,31H,9,15-18H2,1-3H3/t19-,23+,24-,27+/m1/s1. The number of fused-ring (bicyclic) bond motifs is 4. The van der Waals surface area contributed by atoms with Crippen LogP contribution in [0.3, 0.4) is 0 Å². The van der Waals surface area contributed by atoms with Gasteiger partial charge >= 0.3 is 0 Å². The van der Waals surface area contributed by atoms with Gasteiger partial charge in [-0.15, -0.1) is 10.2 Å². The highest BCUT2D eigenvalue weighted by molar-refractivity contribution is 7.98. The van der Waals surface area contributed by atoms with Crippen LogP contribution in [0.15, 0.2) is 71.4 Å². The molecule has 1 N–H and O–H groups in total. The lowest BCUT2D eigenvalue weighted by atomic mass is 9.59. The quantitative estimate of drug-likeness (QED) is 0.299. The molecule has 0 radical (unpaired) electrons. The zero-order chi connectivity index (χ0) is 24.7. The molecular weight excluding hydrogens is 464 g/mol. The highest BCUT2D eigenvalue weighted by Crippen LogP contribution is 2.52. The van der Waals surface area contributed by atoms with Gasteiger partial charge in [-0.25, -0.2) is 0 Å². The van der Waals surface area contributed by atoms with Gasteiger partial charge in [-0.05, 0) is 54.6 Å². The lowest BCUT2D eigenvalue weighted by molar-refractivity contribution is 0.0519. The number of rotatable bonds is 4. The zero-order valence-electron chi connectivity index (χ0n) is 21.3. The molecule has 0 unspecified atom stereocenters. The third-order valence-corrected chi connectivity index (χ3v) is 9.24. The average molecular weight is 499 g/mol. The molecule has 1 fully saturated rings. The number of thioether (sulfide) groups is 1. The molecule has 186 valence electrons. The van der Waals surface area contributed by atoms with Crippen molar-refractivity contribution in [3.63, 3.8) is 0 Å². The van der Waals surface area contributed by atoms with Crippen LogP contribution in [0, 0.1) is 23.2 Å². The smallest absolute Gasteiger partial charge is 0.247 e. The third-order valence-electron chi connectivity index (χ3n) is 8.34. The molecule has 1 aliphatic heterocycles. The number of para-hydroxylation sites is 1. The summed E-state index contributed by atoms with van der Waals surface area (Å²) >= 11 is 1.59. The van der Waals surface area contributed by atoms with Crippen molar-refractivity contribution in [3.05, 3.63) is 71.8 Å². The Morgan fingerprint density at radius 3 is 2.72 bits per heavy atom. The Kier molecular flexibility index (Phi) is 6.24. The second-order valence-corrected chi connectivity index (χ2v) is 12.1. The summed E-state index contributed by atoms with van der Waals surface area (Å²) in [6.45, 7) is 7.26. The second-order valence-electron chi connectivity index (χ2n) is 11.2. The normalized spacial score (nSPS) is 26.2. The number of nitrogens with one attached hydrogen (secondary N) is 1. The number of aromatic nitrogens is 3. The molecule has 4 atom stereocenters. The molecule has 1 saturated carbocycles. The first-order chi connectivity index (χ1) is 17.5. The van der Waals surface area contributed by atoms with Crippen molar-refractivity contribution in [1.29, 1.82) is 0 Å². The summed E-state index contributed by atoms with van der Waals surface area (Å²) in [5.74, 6) is 2.88. The van der Waals surface area contributed by atoms with Gasteiger partial charge in [0.2, 0.25) is 11.0 Å². The van der Waals surface area contributed by atoms with E-state index in [1.165, 1.54) is 18.4 Å². The van der Waals surface area contributed by atoms with Gasteiger partial charge in [-0.1, -0.05) is 92.7 Å². The first kappa shape index (κ1) is 23.5. The Bertz CT molecular complexity index is 1270. The van der Waals surface area contributed by atoms with E-state index in [0.29, 0.717) is 39.9 Å². The summed E-state index contributed by atoms with van der Waals surface area (Å²) in [4.78, 5) is 4.88. The molecule has 0 bridgehead atoms. The summed E-state index contributed by atoms with van der Waals surface area (Å²) in [6.07, 6.45) is 7.10. The molecule has 6 rings (SSSR count). The first-order valence-corrected chi connectivity index (χ1v) is 14.1. The Morgan fingerprint density at radius 1 is 1.06 bits per heavy atom. The summed E-state index contributed by atoms with van der Waals surface area (Å²) < 4.78 is 6.73. The van der Waals surface area contributed by atoms with Gasteiger partial charge in [0.1, 0.15) is 0 Å². The fraction of sp³-hybridized carbons (Fsp3) is 0.433. The Balaban J connectivity index is 1.31. The second kappa shape index (κ2) is 9.55. The topological polar surface area (TPSA) is 59.9 Å². The first-order valence-electron chi connectivity index (χ1n) is 13.1. The average Bonchev–Trinajstić information content (AvgIpc) is 3.04. The van der Waals surface area contributed by atoms with Gasteiger partial charge < -0.3 is 10.1 Å². The fourth-order valence-corrected chi connectivity index (χ4v) is 6.97. The van der Waals surface area contributed by atoms with E-state index >= 15 is 0 Å². The minimum absolute atomic E-state index is 0.162. The van der Waals surface area contributed by atoms with Crippen LogP contribution in [0.25, 0.3) is 11.3 Å². The molecule has 2 aromatic carbocycles. The van der Waals surface area contributed by atoms with Crippen LogP contribution in [0.5, 0.6) is 5.88 Å². The maximum absolute atomic E-state index is 6.73. The minimum Gasteiger partial charge on any atom is -0.452 e. The molecule has 2 aliphatic carbocycles. The molecule has 3 aliphatic rings. The number of benzene rings is 2. The van der Waals surface area contributed by atoms with Crippen LogP contribution >= 0.6 is 11.8 Å². The van der Waals surface area contributed by atoms with Gasteiger partial charge in [0.15, 0.2) is 11.9 Å². The van der Waals surface area contributed by atoms with Crippen LogP contribution < -0.4 is 10.1 Å². The Labute approximate surface area is 218 Å². The summed E-state index contributed by atoms with van der Waals surface area (Å²) in [7, 11) is 0. The predicted octanol–water partition coefficient (Wildman–Crippen LogP) is 7.37. The van der Waals surface area contributed by atoms with Crippen molar-refractivity contribution in [1.82, 2.24) is 15.2 Å². The molecule has 1 aromatic heterocycles. The van der Waals surface area contributed by atoms with Crippen molar-refractivity contribution >= 4 is 17.4 Å². The number of hydrogen-bond acceptors (Lipinski definition) is 6. The molecule has 5 nitrogen and oxygen atoms in total. The van der Waals surface area contributed by atoms with E-state index in [0.717, 1.165) is 29.8 Å². The van der Waals surface area contributed by atoms with Gasteiger partial charge in [-0.2, -0.15) is 4.98 Å². The maximum atomic E-state index is 6.73. The highest BCUT2D eigenvalue weighted by atomic mass is 32.2. The molecule has 0 spiro atoms. The molecule has 0 amide bonds. The lowest BCUT2D eigenvalue weighted by Gasteiger charge is -2.48. The van der Waals surface area contributed by atoms with E-state index < -0.39 is 0 Å². The molecule has 2 heterocycles. The molecule has 6 heteroatoms. The van der Waals surface area contributed by atoms with Gasteiger partial charge in [0.05, 0.1) is 0 Å². The van der Waals surface area contributed by atoms with E-state index in [4.69, 9.17) is 9.72 Å². The lowest BCUT2D eigenvalue weighted by Crippen LogP contribution is -2.45. The third kappa shape index (κ3) is 4.52. The number of ether oxygens (including phenoxy) is 1. The predicted molar refractivity (Wildman–Crippen MR) is 146 cm³/mol. The largest absolute Gasteiger partial charge is 0.452 e. The number of allylic oxidation sites excluding steroid dienone is 2. The summed E-state index contributed by atoms with van der Waals surface area (Å²) in [5, 5.41) is 13.5. The molecule has 0 saturated heterocycles. The van der Waals surface area contributed by atoms with Crippen LogP contribution in [0.2, 0.25) is 0 Å². The Hall–Kier alpha value is -2.86. The van der Waals surface area contributed by atoms with Crippen LogP contribution in [0.1, 0.15) is 52.0 Å². The van der Waals surface area contributed by atoms with E-state index in [1.807, 2.05) is 12.1 Å². The van der Waals surface area contributed by atoms with E-state index in [9.17, 15) is 0 Å². The molecule has 36 heavy (non-hydrogen) atoms. The van der Waals surface area contributed by atoms with Crippen molar-refractivity contribution in [2.24, 2.45) is 23.2 Å². The zero-order valence-corrected chi connectivity index (χ0v) is 22.1. The van der Waals surface area contributed by atoms with Crippen LogP contribution in [-0.4, -0.2) is 21.4 Å². The monoisotopic (exact) mass is 498 g/mol. The van der Waals surface area contributed by atoms with Gasteiger partial charge in [-0.3, -0.25) is 0 Å².